The van der Waals surface area contributed by atoms with Crippen LogP contribution in [0.2, 0.25) is 0 Å². The SMILES string of the molecule is COc1ccc(NC(=O)CCc2c(C)nc3c(c(C)nn3C)c2C)cc1. The summed E-state index contributed by atoms with van der Waals surface area (Å²) in [6.45, 7) is 6.07. The van der Waals surface area contributed by atoms with Crippen molar-refractivity contribution in [3.63, 3.8) is 0 Å². The molecule has 26 heavy (non-hydrogen) atoms. The Morgan fingerprint density at radius 1 is 1.15 bits per heavy atom. The summed E-state index contributed by atoms with van der Waals surface area (Å²) in [6.07, 6.45) is 1.05. The summed E-state index contributed by atoms with van der Waals surface area (Å²) < 4.78 is 6.94. The van der Waals surface area contributed by atoms with Crippen LogP contribution >= 0.6 is 0 Å². The number of benzene rings is 1. The average Bonchev–Trinajstić information content (AvgIpc) is 2.89. The lowest BCUT2D eigenvalue weighted by atomic mass is 9.99. The predicted molar refractivity (Wildman–Crippen MR) is 103 cm³/mol. The molecule has 0 atom stereocenters. The number of amides is 1. The van der Waals surface area contributed by atoms with E-state index in [0.29, 0.717) is 12.8 Å². The molecule has 2 heterocycles. The highest BCUT2D eigenvalue weighted by Gasteiger charge is 2.16. The number of rotatable bonds is 5. The summed E-state index contributed by atoms with van der Waals surface area (Å²) >= 11 is 0. The molecule has 0 saturated carbocycles. The Bertz CT molecular complexity index is 958. The van der Waals surface area contributed by atoms with Crippen LogP contribution in [0.1, 0.15) is 28.9 Å². The number of ether oxygens (including phenoxy) is 1. The second kappa shape index (κ2) is 7.15. The number of nitrogens with one attached hydrogen (secondary N) is 1. The van der Waals surface area contributed by atoms with Gasteiger partial charge in [0.25, 0.3) is 0 Å². The number of anilines is 1. The normalized spacial score (nSPS) is 11.0. The van der Waals surface area contributed by atoms with E-state index < -0.39 is 0 Å². The minimum absolute atomic E-state index is 0.0167. The van der Waals surface area contributed by atoms with Crippen molar-refractivity contribution in [1.82, 2.24) is 14.8 Å². The van der Waals surface area contributed by atoms with E-state index in [0.717, 1.165) is 45.0 Å². The molecule has 1 N–H and O–H groups in total. The molecule has 0 aliphatic heterocycles. The van der Waals surface area contributed by atoms with Gasteiger partial charge in [0.2, 0.25) is 5.91 Å². The van der Waals surface area contributed by atoms with E-state index in [1.165, 1.54) is 0 Å². The van der Waals surface area contributed by atoms with Crippen LogP contribution < -0.4 is 10.1 Å². The highest BCUT2D eigenvalue weighted by molar-refractivity contribution is 5.91. The lowest BCUT2D eigenvalue weighted by molar-refractivity contribution is -0.116. The van der Waals surface area contributed by atoms with Gasteiger partial charge in [-0.3, -0.25) is 9.48 Å². The molecule has 0 fully saturated rings. The zero-order valence-corrected chi connectivity index (χ0v) is 15.9. The van der Waals surface area contributed by atoms with Crippen LogP contribution in [0.3, 0.4) is 0 Å². The maximum absolute atomic E-state index is 12.3. The fraction of sp³-hybridized carbons (Fsp3) is 0.350. The van der Waals surface area contributed by atoms with E-state index in [1.807, 2.05) is 49.8 Å². The van der Waals surface area contributed by atoms with E-state index in [-0.39, 0.29) is 5.91 Å². The maximum atomic E-state index is 12.3. The number of pyridine rings is 1. The second-order valence-electron chi connectivity index (χ2n) is 6.49. The molecule has 3 aromatic rings. The minimum Gasteiger partial charge on any atom is -0.497 e. The van der Waals surface area contributed by atoms with Crippen molar-refractivity contribution in [2.24, 2.45) is 7.05 Å². The summed E-state index contributed by atoms with van der Waals surface area (Å²) in [4.78, 5) is 17.0. The Morgan fingerprint density at radius 2 is 1.85 bits per heavy atom. The molecule has 3 rings (SSSR count). The maximum Gasteiger partial charge on any atom is 0.224 e. The first-order chi connectivity index (χ1) is 12.4. The zero-order valence-electron chi connectivity index (χ0n) is 15.9. The highest BCUT2D eigenvalue weighted by Crippen LogP contribution is 2.26. The van der Waals surface area contributed by atoms with Crippen LogP contribution in [0.4, 0.5) is 5.69 Å². The van der Waals surface area contributed by atoms with E-state index in [9.17, 15) is 4.79 Å². The van der Waals surface area contributed by atoms with E-state index in [4.69, 9.17) is 9.72 Å². The van der Waals surface area contributed by atoms with Crippen LogP contribution in [-0.4, -0.2) is 27.8 Å². The van der Waals surface area contributed by atoms with Gasteiger partial charge in [0, 0.05) is 30.2 Å². The number of aromatic nitrogens is 3. The number of hydrogen-bond donors (Lipinski definition) is 1. The molecule has 6 nitrogen and oxygen atoms in total. The number of nitrogens with zero attached hydrogens (tertiary/aromatic N) is 3. The Labute approximate surface area is 153 Å². The van der Waals surface area contributed by atoms with Crippen molar-refractivity contribution >= 4 is 22.6 Å². The number of fused-ring (bicyclic) bond motifs is 1. The largest absolute Gasteiger partial charge is 0.497 e. The first-order valence-electron chi connectivity index (χ1n) is 8.64. The predicted octanol–water partition coefficient (Wildman–Crippen LogP) is 3.47. The molecule has 6 heteroatoms. The van der Waals surface area contributed by atoms with Gasteiger partial charge in [-0.2, -0.15) is 5.10 Å². The molecule has 0 radical (unpaired) electrons. The number of carbonyl (C=O) groups is 1. The van der Waals surface area contributed by atoms with Crippen LogP contribution in [0, 0.1) is 20.8 Å². The van der Waals surface area contributed by atoms with Gasteiger partial charge in [-0.05, 0) is 62.6 Å². The van der Waals surface area contributed by atoms with Crippen molar-refractivity contribution < 1.29 is 9.53 Å². The van der Waals surface area contributed by atoms with E-state index in [1.54, 1.807) is 7.11 Å². The van der Waals surface area contributed by atoms with Crippen molar-refractivity contribution in [1.29, 1.82) is 0 Å². The summed E-state index contributed by atoms with van der Waals surface area (Å²) in [6, 6.07) is 7.32. The minimum atomic E-state index is -0.0167. The first-order valence-corrected chi connectivity index (χ1v) is 8.64. The van der Waals surface area contributed by atoms with Crippen LogP contribution in [-0.2, 0) is 18.3 Å². The molecular formula is C20H24N4O2. The van der Waals surface area contributed by atoms with Crippen LogP contribution in [0.5, 0.6) is 5.75 Å². The van der Waals surface area contributed by atoms with Gasteiger partial charge >= 0.3 is 0 Å². The monoisotopic (exact) mass is 352 g/mol. The van der Waals surface area contributed by atoms with Gasteiger partial charge in [0.15, 0.2) is 5.65 Å². The van der Waals surface area contributed by atoms with Gasteiger partial charge in [-0.25, -0.2) is 4.98 Å². The molecule has 0 spiro atoms. The number of aryl methyl sites for hydroxylation is 4. The van der Waals surface area contributed by atoms with Crippen molar-refractivity contribution in [2.45, 2.75) is 33.6 Å². The Kier molecular flexibility index (Phi) is 4.93. The standard InChI is InChI=1S/C20H24N4O2/c1-12-17(13(2)21-20-19(12)14(3)23-24(20)4)10-11-18(25)22-15-6-8-16(26-5)9-7-15/h6-9H,10-11H2,1-5H3,(H,22,25). The van der Waals surface area contributed by atoms with Gasteiger partial charge in [0.05, 0.1) is 12.8 Å². The van der Waals surface area contributed by atoms with Crippen molar-refractivity contribution in [3.8, 4) is 5.75 Å². The molecule has 0 aliphatic carbocycles. The number of methoxy groups -OCH3 is 1. The third-order valence-corrected chi connectivity index (χ3v) is 4.71. The fourth-order valence-electron chi connectivity index (χ4n) is 3.37. The third kappa shape index (κ3) is 3.40. The molecular weight excluding hydrogens is 328 g/mol. The van der Waals surface area contributed by atoms with Gasteiger partial charge in [0.1, 0.15) is 5.75 Å². The fourth-order valence-corrected chi connectivity index (χ4v) is 3.37. The number of hydrogen-bond acceptors (Lipinski definition) is 4. The van der Waals surface area contributed by atoms with Crippen LogP contribution in [0.25, 0.3) is 11.0 Å². The molecule has 0 unspecified atom stereocenters. The summed E-state index contributed by atoms with van der Waals surface area (Å²) in [7, 11) is 3.52. The smallest absolute Gasteiger partial charge is 0.224 e. The van der Waals surface area contributed by atoms with Crippen LogP contribution in [0.15, 0.2) is 24.3 Å². The second-order valence-corrected chi connectivity index (χ2v) is 6.49. The molecule has 0 saturated heterocycles. The van der Waals surface area contributed by atoms with Gasteiger partial charge in [-0.1, -0.05) is 0 Å². The molecule has 0 aliphatic rings. The Hall–Kier alpha value is -2.89. The summed E-state index contributed by atoms with van der Waals surface area (Å²) in [5.74, 6) is 0.748. The van der Waals surface area contributed by atoms with E-state index in [2.05, 4.69) is 17.3 Å². The highest BCUT2D eigenvalue weighted by atomic mass is 16.5. The van der Waals surface area contributed by atoms with E-state index >= 15 is 0 Å². The third-order valence-electron chi connectivity index (χ3n) is 4.71. The summed E-state index contributed by atoms with van der Waals surface area (Å²) in [5, 5.41) is 8.47. The number of carbonyl (C=O) groups excluding carboxylic acids is 1. The molecule has 1 amide bonds. The lowest BCUT2D eigenvalue weighted by Crippen LogP contribution is -2.13. The Balaban J connectivity index is 1.74. The zero-order chi connectivity index (χ0) is 18.8. The lowest BCUT2D eigenvalue weighted by Gasteiger charge is -2.11. The van der Waals surface area contributed by atoms with Gasteiger partial charge < -0.3 is 10.1 Å². The molecule has 136 valence electrons. The average molecular weight is 352 g/mol. The molecule has 1 aromatic carbocycles. The molecule has 2 aromatic heterocycles. The van der Waals surface area contributed by atoms with Crippen molar-refractivity contribution in [2.75, 3.05) is 12.4 Å². The summed E-state index contributed by atoms with van der Waals surface area (Å²) in [5.41, 5.74) is 5.87. The quantitative estimate of drug-likeness (QED) is 0.763. The first kappa shape index (κ1) is 17.9. The van der Waals surface area contributed by atoms with Gasteiger partial charge in [-0.15, -0.1) is 0 Å². The Morgan fingerprint density at radius 3 is 2.50 bits per heavy atom. The molecule has 0 bridgehead atoms. The topological polar surface area (TPSA) is 69.0 Å². The van der Waals surface area contributed by atoms with Crippen molar-refractivity contribution in [3.05, 3.63) is 46.8 Å².